The molecule has 1 heterocycles. The van der Waals surface area contributed by atoms with Crippen LogP contribution in [-0.2, 0) is 22.6 Å². The molecule has 0 aliphatic rings. The summed E-state index contributed by atoms with van der Waals surface area (Å²) in [6, 6.07) is 23.9. The lowest BCUT2D eigenvalue weighted by Crippen LogP contribution is -2.31. The van der Waals surface area contributed by atoms with E-state index in [9.17, 15) is 14.4 Å². The fourth-order valence-electron chi connectivity index (χ4n) is 3.71. The van der Waals surface area contributed by atoms with E-state index in [0.717, 1.165) is 11.3 Å². The van der Waals surface area contributed by atoms with Crippen LogP contribution in [0.1, 0.15) is 12.5 Å². The van der Waals surface area contributed by atoms with Gasteiger partial charge in [0.15, 0.2) is 0 Å². The van der Waals surface area contributed by atoms with E-state index in [1.807, 2.05) is 55.5 Å². The van der Waals surface area contributed by atoms with Crippen LogP contribution in [0.2, 0.25) is 0 Å². The Morgan fingerprint density at radius 2 is 1.64 bits per heavy atom. The summed E-state index contributed by atoms with van der Waals surface area (Å²) in [6.07, 6.45) is 1.48. The van der Waals surface area contributed by atoms with Crippen molar-refractivity contribution in [3.8, 4) is 0 Å². The van der Waals surface area contributed by atoms with Crippen molar-refractivity contribution in [2.45, 2.75) is 19.9 Å². The number of benzene rings is 3. The van der Waals surface area contributed by atoms with Gasteiger partial charge in [-0.2, -0.15) is 0 Å². The second-order valence-corrected chi connectivity index (χ2v) is 7.57. The lowest BCUT2D eigenvalue weighted by Gasteiger charge is -2.21. The standard InChI is InChI=1S/C26H24N4O3/c1-2-29(21-8-4-3-5-9-21)25(32)16-19-12-14-20(15-13-19)28-24(31)18-30-23-11-7-6-10-22(23)27-17-26(30)33/h3-15,17H,2,16,18H2,1H3,(H,28,31). The SMILES string of the molecule is CCN(C(=O)Cc1ccc(NC(=O)Cn2c(=O)cnc3ccccc32)cc1)c1ccccc1. The summed E-state index contributed by atoms with van der Waals surface area (Å²) >= 11 is 0. The van der Waals surface area contributed by atoms with Crippen LogP contribution in [0.25, 0.3) is 11.0 Å². The number of aromatic nitrogens is 2. The molecule has 0 saturated carbocycles. The van der Waals surface area contributed by atoms with Crippen molar-refractivity contribution in [3.63, 3.8) is 0 Å². The molecule has 33 heavy (non-hydrogen) atoms. The highest BCUT2D eigenvalue weighted by Gasteiger charge is 2.14. The lowest BCUT2D eigenvalue weighted by molar-refractivity contribution is -0.118. The number of para-hydroxylation sites is 3. The van der Waals surface area contributed by atoms with Crippen LogP contribution in [0.4, 0.5) is 11.4 Å². The van der Waals surface area contributed by atoms with Crippen molar-refractivity contribution in [1.82, 2.24) is 9.55 Å². The largest absolute Gasteiger partial charge is 0.325 e. The summed E-state index contributed by atoms with van der Waals surface area (Å²) in [6.45, 7) is 2.41. The molecule has 0 atom stereocenters. The Morgan fingerprint density at radius 1 is 0.939 bits per heavy atom. The maximum Gasteiger partial charge on any atom is 0.269 e. The number of hydrogen-bond donors (Lipinski definition) is 1. The highest BCUT2D eigenvalue weighted by atomic mass is 16.2. The minimum atomic E-state index is -0.336. The van der Waals surface area contributed by atoms with Crippen LogP contribution >= 0.6 is 0 Å². The van der Waals surface area contributed by atoms with Crippen molar-refractivity contribution < 1.29 is 9.59 Å². The Hall–Kier alpha value is -4.26. The van der Waals surface area contributed by atoms with Gasteiger partial charge in [0.05, 0.1) is 23.7 Å². The Morgan fingerprint density at radius 3 is 2.36 bits per heavy atom. The van der Waals surface area contributed by atoms with Crippen LogP contribution in [0, 0.1) is 0 Å². The number of carbonyl (C=O) groups excluding carboxylic acids is 2. The number of fused-ring (bicyclic) bond motifs is 1. The van der Waals surface area contributed by atoms with Gasteiger partial charge in [0.1, 0.15) is 6.54 Å². The average Bonchev–Trinajstić information content (AvgIpc) is 2.83. The third-order valence-electron chi connectivity index (χ3n) is 5.33. The van der Waals surface area contributed by atoms with E-state index in [0.29, 0.717) is 23.3 Å². The summed E-state index contributed by atoms with van der Waals surface area (Å²) < 4.78 is 1.40. The summed E-state index contributed by atoms with van der Waals surface area (Å²) in [7, 11) is 0. The molecule has 166 valence electrons. The van der Waals surface area contributed by atoms with Gasteiger partial charge in [-0.25, -0.2) is 4.98 Å². The third-order valence-corrected chi connectivity index (χ3v) is 5.33. The van der Waals surface area contributed by atoms with E-state index in [4.69, 9.17) is 0 Å². The predicted octanol–water partition coefficient (Wildman–Crippen LogP) is 3.63. The van der Waals surface area contributed by atoms with Gasteiger partial charge in [0, 0.05) is 17.9 Å². The molecule has 2 amide bonds. The number of anilines is 2. The molecule has 4 rings (SSSR count). The first-order valence-electron chi connectivity index (χ1n) is 10.7. The molecule has 0 saturated heterocycles. The third kappa shape index (κ3) is 5.15. The predicted molar refractivity (Wildman–Crippen MR) is 129 cm³/mol. The number of nitrogens with zero attached hydrogens (tertiary/aromatic N) is 3. The maximum atomic E-state index is 12.8. The second-order valence-electron chi connectivity index (χ2n) is 7.57. The van der Waals surface area contributed by atoms with E-state index in [2.05, 4.69) is 10.3 Å². The highest BCUT2D eigenvalue weighted by Crippen LogP contribution is 2.16. The van der Waals surface area contributed by atoms with Gasteiger partial charge in [-0.15, -0.1) is 0 Å². The molecule has 0 aliphatic heterocycles. The topological polar surface area (TPSA) is 84.3 Å². The number of hydrogen-bond acceptors (Lipinski definition) is 4. The van der Waals surface area contributed by atoms with Crippen molar-refractivity contribution in [3.05, 3.63) is 101 Å². The molecule has 0 aliphatic carbocycles. The van der Waals surface area contributed by atoms with Crippen molar-refractivity contribution >= 4 is 34.2 Å². The fraction of sp³-hybridized carbons (Fsp3) is 0.154. The van der Waals surface area contributed by atoms with Gasteiger partial charge in [-0.3, -0.25) is 19.0 Å². The molecule has 0 fully saturated rings. The van der Waals surface area contributed by atoms with Crippen molar-refractivity contribution in [1.29, 1.82) is 0 Å². The zero-order valence-electron chi connectivity index (χ0n) is 18.3. The molecule has 7 heteroatoms. The van der Waals surface area contributed by atoms with Gasteiger partial charge in [0.2, 0.25) is 11.8 Å². The van der Waals surface area contributed by atoms with Crippen molar-refractivity contribution in [2.24, 2.45) is 0 Å². The average molecular weight is 441 g/mol. The monoisotopic (exact) mass is 440 g/mol. The molecule has 1 aromatic heterocycles. The van der Waals surface area contributed by atoms with E-state index in [-0.39, 0.29) is 30.3 Å². The molecule has 0 unspecified atom stereocenters. The Kier molecular flexibility index (Phi) is 6.59. The molecular formula is C26H24N4O3. The normalized spacial score (nSPS) is 10.7. The first-order valence-corrected chi connectivity index (χ1v) is 10.7. The molecule has 7 nitrogen and oxygen atoms in total. The number of nitrogens with one attached hydrogen (secondary N) is 1. The van der Waals surface area contributed by atoms with E-state index in [1.165, 1.54) is 10.8 Å². The van der Waals surface area contributed by atoms with Crippen molar-refractivity contribution in [2.75, 3.05) is 16.8 Å². The molecule has 1 N–H and O–H groups in total. The number of likely N-dealkylation sites (N-methyl/N-ethyl adjacent to an activating group) is 1. The summed E-state index contributed by atoms with van der Waals surface area (Å²) in [5.74, 6) is -0.317. The zero-order valence-corrected chi connectivity index (χ0v) is 18.3. The fourth-order valence-corrected chi connectivity index (χ4v) is 3.71. The van der Waals surface area contributed by atoms with Crippen LogP contribution in [-0.4, -0.2) is 27.9 Å². The van der Waals surface area contributed by atoms with E-state index in [1.54, 1.807) is 35.2 Å². The lowest BCUT2D eigenvalue weighted by atomic mass is 10.1. The van der Waals surface area contributed by atoms with Crippen LogP contribution < -0.4 is 15.8 Å². The Bertz CT molecular complexity index is 1330. The first-order chi connectivity index (χ1) is 16.0. The second kappa shape index (κ2) is 9.91. The number of amides is 2. The number of rotatable bonds is 7. The summed E-state index contributed by atoms with van der Waals surface area (Å²) in [5, 5.41) is 2.81. The van der Waals surface area contributed by atoms with Crippen LogP contribution in [0.3, 0.4) is 0 Å². The first kappa shape index (κ1) is 22.0. The minimum absolute atomic E-state index is 0.00410. The highest BCUT2D eigenvalue weighted by molar-refractivity contribution is 5.95. The molecular weight excluding hydrogens is 416 g/mol. The molecule has 0 radical (unpaired) electrons. The molecule has 3 aromatic carbocycles. The van der Waals surface area contributed by atoms with Crippen LogP contribution in [0.5, 0.6) is 0 Å². The molecule has 4 aromatic rings. The van der Waals surface area contributed by atoms with Gasteiger partial charge < -0.3 is 10.2 Å². The number of carbonyl (C=O) groups is 2. The summed E-state index contributed by atoms with van der Waals surface area (Å²) in [4.78, 5) is 43.4. The van der Waals surface area contributed by atoms with Gasteiger partial charge in [0.25, 0.3) is 5.56 Å². The Balaban J connectivity index is 1.41. The summed E-state index contributed by atoms with van der Waals surface area (Å²) in [5.41, 5.74) is 3.23. The van der Waals surface area contributed by atoms with E-state index < -0.39 is 0 Å². The quantitative estimate of drug-likeness (QED) is 0.476. The van der Waals surface area contributed by atoms with Gasteiger partial charge in [-0.05, 0) is 48.9 Å². The van der Waals surface area contributed by atoms with Gasteiger partial charge in [-0.1, -0.05) is 42.5 Å². The molecule has 0 bridgehead atoms. The van der Waals surface area contributed by atoms with E-state index >= 15 is 0 Å². The van der Waals surface area contributed by atoms with Crippen LogP contribution in [0.15, 0.2) is 89.9 Å². The molecule has 0 spiro atoms. The smallest absolute Gasteiger partial charge is 0.269 e. The maximum absolute atomic E-state index is 12.8. The Labute approximate surface area is 191 Å². The van der Waals surface area contributed by atoms with Gasteiger partial charge >= 0.3 is 0 Å². The zero-order chi connectivity index (χ0) is 23.2. The minimum Gasteiger partial charge on any atom is -0.325 e.